The highest BCUT2D eigenvalue weighted by molar-refractivity contribution is 6.07. The second-order valence-electron chi connectivity index (χ2n) is 15.2. The highest BCUT2D eigenvalue weighted by atomic mass is 19.4. The van der Waals surface area contributed by atoms with Gasteiger partial charge in [0.25, 0.3) is 0 Å². The number of anilines is 1. The number of nitrogens with one attached hydrogen (secondary N) is 2. The van der Waals surface area contributed by atoms with Crippen molar-refractivity contribution < 1.29 is 32.3 Å². The van der Waals surface area contributed by atoms with Crippen molar-refractivity contribution in [3.05, 3.63) is 70.9 Å². The van der Waals surface area contributed by atoms with Crippen molar-refractivity contribution in [1.29, 1.82) is 0 Å². The van der Waals surface area contributed by atoms with Crippen LogP contribution >= 0.6 is 0 Å². The van der Waals surface area contributed by atoms with E-state index in [1.165, 1.54) is 24.8 Å². The molecular formula is C39H40F3N9O4. The number of carbonyl (C=O) groups excluding carboxylic acids is 4. The Hall–Kier alpha value is -5.67. The Kier molecular flexibility index (Phi) is 8.96. The molecule has 1 saturated heterocycles. The Labute approximate surface area is 313 Å². The number of benzene rings is 1. The molecule has 2 N–H and O–H groups in total. The maximum atomic E-state index is 14.5. The smallest absolute Gasteiger partial charge is 0.355 e. The number of carbonyl (C=O) groups is 4. The first kappa shape index (κ1) is 36.3. The number of halogens is 3. The van der Waals surface area contributed by atoms with Crippen LogP contribution in [0.4, 0.5) is 19.0 Å². The first-order chi connectivity index (χ1) is 26.2. The standard InChI is InChI=1S/C39H40F3N9O4/c1-21-10-11-29(39(40,41)42)45-36(21)46-37(55)28-15-38-16-30(38)51(28)33(54)19-50-35-24(8-6-4-5-7-9-32(53)44-20-38)13-25(14-27(35)34(48-50)23(3)52)26-17-43-31-12-22(2)47-49(31)18-26/h10-14,17-18,28,30H,4-9,15-16,19-20H2,1-3H3,(H,44,53)(H,45,46,55)/t28-,30+,38-/m0/s1. The molecule has 0 spiro atoms. The van der Waals surface area contributed by atoms with Crippen molar-refractivity contribution in [1.82, 2.24) is 39.6 Å². The summed E-state index contributed by atoms with van der Waals surface area (Å²) in [6, 6.07) is 6.42. The quantitative estimate of drug-likeness (QED) is 0.225. The van der Waals surface area contributed by atoms with Crippen LogP contribution in [0.15, 0.2) is 42.7 Å². The Morgan fingerprint density at radius 2 is 1.76 bits per heavy atom. The minimum Gasteiger partial charge on any atom is -0.355 e. The predicted molar refractivity (Wildman–Crippen MR) is 195 cm³/mol. The Balaban J connectivity index is 1.18. The summed E-state index contributed by atoms with van der Waals surface area (Å²) in [5.41, 5.74) is 3.43. The molecule has 286 valence electrons. The van der Waals surface area contributed by atoms with Gasteiger partial charge in [-0.25, -0.2) is 14.5 Å². The average Bonchev–Trinajstić information content (AvgIpc) is 3.36. The van der Waals surface area contributed by atoms with Gasteiger partial charge in [-0.05, 0) is 80.8 Å². The molecule has 1 aromatic carbocycles. The highest BCUT2D eigenvalue weighted by Crippen LogP contribution is 2.59. The summed E-state index contributed by atoms with van der Waals surface area (Å²) in [6.45, 7) is 4.82. The van der Waals surface area contributed by atoms with Crippen LogP contribution < -0.4 is 10.6 Å². The van der Waals surface area contributed by atoms with Gasteiger partial charge in [0.2, 0.25) is 17.7 Å². The maximum Gasteiger partial charge on any atom is 0.433 e. The van der Waals surface area contributed by atoms with Crippen LogP contribution in [0.1, 0.15) is 84.9 Å². The number of nitrogens with zero attached hydrogens (tertiary/aromatic N) is 7. The van der Waals surface area contributed by atoms with Gasteiger partial charge >= 0.3 is 6.18 Å². The van der Waals surface area contributed by atoms with Gasteiger partial charge in [0.15, 0.2) is 11.4 Å². The van der Waals surface area contributed by atoms with Crippen molar-refractivity contribution in [3.63, 3.8) is 0 Å². The van der Waals surface area contributed by atoms with Crippen molar-refractivity contribution in [2.45, 2.75) is 96.9 Å². The fourth-order valence-electron chi connectivity index (χ4n) is 8.29. The summed E-state index contributed by atoms with van der Waals surface area (Å²) in [7, 11) is 0. The average molecular weight is 756 g/mol. The normalized spacial score (nSPS) is 22.0. The number of pyridine rings is 1. The van der Waals surface area contributed by atoms with E-state index in [4.69, 9.17) is 5.10 Å². The van der Waals surface area contributed by atoms with E-state index in [2.05, 4.69) is 25.7 Å². The van der Waals surface area contributed by atoms with Gasteiger partial charge in [-0.15, -0.1) is 0 Å². The third-order valence-electron chi connectivity index (χ3n) is 11.2. The molecule has 16 heteroatoms. The van der Waals surface area contributed by atoms with E-state index in [1.54, 1.807) is 15.4 Å². The van der Waals surface area contributed by atoms with Crippen LogP contribution in [0.2, 0.25) is 0 Å². The molecular weight excluding hydrogens is 715 g/mol. The number of aryl methyl sites for hydroxylation is 3. The first-order valence-electron chi connectivity index (χ1n) is 18.5. The van der Waals surface area contributed by atoms with Gasteiger partial charge in [0.05, 0.1) is 11.2 Å². The zero-order valence-electron chi connectivity index (χ0n) is 30.7. The number of amides is 3. The van der Waals surface area contributed by atoms with Crippen LogP contribution in [0, 0.1) is 19.3 Å². The lowest BCUT2D eigenvalue weighted by Gasteiger charge is -2.27. The second-order valence-corrected chi connectivity index (χ2v) is 15.2. The molecule has 0 radical (unpaired) electrons. The van der Waals surface area contributed by atoms with Gasteiger partial charge in [-0.3, -0.25) is 23.9 Å². The van der Waals surface area contributed by atoms with Crippen LogP contribution in [-0.2, 0) is 33.5 Å². The van der Waals surface area contributed by atoms with Crippen molar-refractivity contribution in [2.75, 3.05) is 11.9 Å². The molecule has 5 aromatic rings. The number of hydrogen-bond donors (Lipinski definition) is 2. The lowest BCUT2D eigenvalue weighted by atomic mass is 9.96. The Morgan fingerprint density at radius 1 is 0.982 bits per heavy atom. The van der Waals surface area contributed by atoms with Gasteiger partial charge in [-0.2, -0.15) is 23.4 Å². The van der Waals surface area contributed by atoms with Gasteiger partial charge in [-0.1, -0.05) is 18.9 Å². The zero-order chi connectivity index (χ0) is 38.8. The molecule has 2 aliphatic heterocycles. The number of hydrogen-bond acceptors (Lipinski definition) is 8. The van der Waals surface area contributed by atoms with E-state index < -0.39 is 41.2 Å². The lowest BCUT2D eigenvalue weighted by molar-refractivity contribution is -0.141. The van der Waals surface area contributed by atoms with Crippen molar-refractivity contribution in [3.8, 4) is 11.1 Å². The molecule has 3 amide bonds. The molecule has 2 fully saturated rings. The third kappa shape index (κ3) is 6.82. The molecule has 8 rings (SSSR count). The maximum absolute atomic E-state index is 14.5. The number of ketones is 1. The van der Waals surface area contributed by atoms with Crippen LogP contribution in [0.3, 0.4) is 0 Å². The zero-order valence-corrected chi connectivity index (χ0v) is 30.7. The molecule has 2 bridgehead atoms. The number of rotatable bonds is 4. The fourth-order valence-corrected chi connectivity index (χ4v) is 8.29. The van der Waals surface area contributed by atoms with Gasteiger partial charge in [0, 0.05) is 60.8 Å². The molecule has 13 nitrogen and oxygen atoms in total. The Bertz CT molecular complexity index is 2400. The molecule has 1 saturated carbocycles. The van der Waals surface area contributed by atoms with Crippen molar-refractivity contribution >= 4 is 45.9 Å². The summed E-state index contributed by atoms with van der Waals surface area (Å²) in [5.74, 6) is -1.74. The molecule has 55 heavy (non-hydrogen) atoms. The summed E-state index contributed by atoms with van der Waals surface area (Å²) in [5, 5.41) is 15.4. The summed E-state index contributed by atoms with van der Waals surface area (Å²) in [6.07, 6.45) is 3.78. The van der Waals surface area contributed by atoms with Crippen LogP contribution in [0.5, 0.6) is 0 Å². The van der Waals surface area contributed by atoms with E-state index in [1.807, 2.05) is 31.3 Å². The lowest BCUT2D eigenvalue weighted by Crippen LogP contribution is -2.47. The molecule has 0 unspecified atom stereocenters. The van der Waals surface area contributed by atoms with Crippen LogP contribution in [0.25, 0.3) is 27.7 Å². The summed E-state index contributed by atoms with van der Waals surface area (Å²) in [4.78, 5) is 64.2. The minimum atomic E-state index is -4.72. The number of fused-ring (bicyclic) bond motifs is 1. The number of Topliss-reactive ketones (excluding diaryl/α,β-unsaturated/α-hetero) is 1. The molecule has 4 aromatic heterocycles. The Morgan fingerprint density at radius 3 is 2.53 bits per heavy atom. The minimum absolute atomic E-state index is 0.108. The van der Waals surface area contributed by atoms with Gasteiger partial charge in [0.1, 0.15) is 29.8 Å². The van der Waals surface area contributed by atoms with E-state index in [-0.39, 0.29) is 42.7 Å². The van der Waals surface area contributed by atoms with E-state index in [0.717, 1.165) is 47.7 Å². The van der Waals surface area contributed by atoms with E-state index in [9.17, 15) is 32.3 Å². The summed E-state index contributed by atoms with van der Waals surface area (Å²) >= 11 is 0. The summed E-state index contributed by atoms with van der Waals surface area (Å²) < 4.78 is 43.9. The molecule has 1 aliphatic carbocycles. The number of aromatic nitrogens is 6. The largest absolute Gasteiger partial charge is 0.433 e. The molecule has 3 atom stereocenters. The van der Waals surface area contributed by atoms with Crippen LogP contribution in [-0.4, -0.2) is 76.4 Å². The topological polar surface area (TPSA) is 156 Å². The predicted octanol–water partition coefficient (Wildman–Crippen LogP) is 5.60. The van der Waals surface area contributed by atoms with Gasteiger partial charge < -0.3 is 15.5 Å². The highest BCUT2D eigenvalue weighted by Gasteiger charge is 2.67. The molecule has 3 aliphatic rings. The van der Waals surface area contributed by atoms with E-state index in [0.29, 0.717) is 47.8 Å². The number of alkyl halides is 3. The first-order valence-corrected chi connectivity index (χ1v) is 18.5. The molecule has 6 heterocycles. The van der Waals surface area contributed by atoms with E-state index >= 15 is 0 Å². The second kappa shape index (κ2) is 13.6. The van der Waals surface area contributed by atoms with Crippen molar-refractivity contribution in [2.24, 2.45) is 5.41 Å². The number of piperidine rings is 1. The third-order valence-corrected chi connectivity index (χ3v) is 11.2. The monoisotopic (exact) mass is 755 g/mol. The fraction of sp³-hybridized carbons (Fsp3) is 0.436. The SMILES string of the molecule is CC(=O)c1nn2c3c(cc(-c4cnc5cc(C)nn5c4)cc13)CCCCCCC(=O)NC[C@@]13C[C@@H](C(=O)Nc4nc(C(F)(F)F)ccc4C)N(C(=O)C2)[C@@H]1C3.